The summed E-state index contributed by atoms with van der Waals surface area (Å²) in [5.74, 6) is 0. The van der Waals surface area contributed by atoms with Crippen LogP contribution in [0.5, 0.6) is 0 Å². The average molecular weight is 288 g/mol. The molecule has 0 aliphatic rings. The number of hydrogen-bond acceptors (Lipinski definition) is 0. The lowest BCUT2D eigenvalue weighted by atomic mass is 9.97. The summed E-state index contributed by atoms with van der Waals surface area (Å²) in [5, 5.41) is 0. The van der Waals surface area contributed by atoms with Gasteiger partial charge in [0.05, 0.1) is 0 Å². The first-order chi connectivity index (χ1) is 6.11. The van der Waals surface area contributed by atoms with Crippen molar-refractivity contribution in [2.45, 2.75) is 40.5 Å². The number of hydrogen-bond donors (Lipinski definition) is 0. The van der Waals surface area contributed by atoms with E-state index in [9.17, 15) is 0 Å². The van der Waals surface area contributed by atoms with Crippen molar-refractivity contribution >= 4 is 22.6 Å². The third kappa shape index (κ3) is 2.06. The van der Waals surface area contributed by atoms with Gasteiger partial charge in [0.15, 0.2) is 0 Å². The summed E-state index contributed by atoms with van der Waals surface area (Å²) in [4.78, 5) is 0. The SMILES string of the molecule is CCc1cc(CC)c(C)c(I)c1C. The molecule has 72 valence electrons. The summed E-state index contributed by atoms with van der Waals surface area (Å²) in [6.45, 7) is 8.92. The molecule has 0 heterocycles. The topological polar surface area (TPSA) is 0 Å². The second-order valence-corrected chi connectivity index (χ2v) is 4.54. The van der Waals surface area contributed by atoms with Crippen LogP contribution < -0.4 is 0 Å². The molecule has 0 spiro atoms. The molecule has 0 aromatic heterocycles. The lowest BCUT2D eigenvalue weighted by molar-refractivity contribution is 1.04. The fourth-order valence-electron chi connectivity index (χ4n) is 1.72. The van der Waals surface area contributed by atoms with Crippen LogP contribution in [0, 0.1) is 17.4 Å². The van der Waals surface area contributed by atoms with Gasteiger partial charge in [0.1, 0.15) is 0 Å². The fraction of sp³-hybridized carbons (Fsp3) is 0.500. The highest BCUT2D eigenvalue weighted by molar-refractivity contribution is 14.1. The summed E-state index contributed by atoms with van der Waals surface area (Å²) in [6.07, 6.45) is 2.30. The molecule has 0 aliphatic heterocycles. The van der Waals surface area contributed by atoms with Crippen LogP contribution in [-0.2, 0) is 12.8 Å². The molecule has 0 N–H and O–H groups in total. The Balaban J connectivity index is 3.36. The highest BCUT2D eigenvalue weighted by atomic mass is 127. The predicted molar refractivity (Wildman–Crippen MR) is 67.4 cm³/mol. The molecule has 0 amide bonds. The Morgan fingerprint density at radius 2 is 1.38 bits per heavy atom. The van der Waals surface area contributed by atoms with Crippen molar-refractivity contribution in [1.82, 2.24) is 0 Å². The molecule has 0 saturated carbocycles. The molecule has 0 atom stereocenters. The quantitative estimate of drug-likeness (QED) is 0.721. The van der Waals surface area contributed by atoms with E-state index in [2.05, 4.69) is 56.4 Å². The van der Waals surface area contributed by atoms with E-state index < -0.39 is 0 Å². The maximum Gasteiger partial charge on any atom is 0.0194 e. The summed E-state index contributed by atoms with van der Waals surface area (Å²) in [6, 6.07) is 2.37. The van der Waals surface area contributed by atoms with Crippen molar-refractivity contribution < 1.29 is 0 Å². The van der Waals surface area contributed by atoms with Gasteiger partial charge in [0, 0.05) is 3.57 Å². The van der Waals surface area contributed by atoms with Crippen LogP contribution in [0.1, 0.15) is 36.1 Å². The first kappa shape index (κ1) is 11.0. The standard InChI is InChI=1S/C12H17I/c1-5-10-7-11(6-2)9(4)12(13)8(10)3/h7H,5-6H2,1-4H3. The van der Waals surface area contributed by atoms with Crippen LogP contribution in [0.3, 0.4) is 0 Å². The van der Waals surface area contributed by atoms with Crippen LogP contribution in [0.15, 0.2) is 6.07 Å². The molecule has 0 aliphatic carbocycles. The number of rotatable bonds is 2. The van der Waals surface area contributed by atoms with Gasteiger partial charge in [0.25, 0.3) is 0 Å². The molecule has 0 unspecified atom stereocenters. The summed E-state index contributed by atoms with van der Waals surface area (Å²) >= 11 is 2.47. The molecule has 0 nitrogen and oxygen atoms in total. The van der Waals surface area contributed by atoms with Gasteiger partial charge < -0.3 is 0 Å². The first-order valence-electron chi connectivity index (χ1n) is 4.89. The summed E-state index contributed by atoms with van der Waals surface area (Å²) in [7, 11) is 0. The normalized spacial score (nSPS) is 10.5. The van der Waals surface area contributed by atoms with Crippen LogP contribution in [0.4, 0.5) is 0 Å². The smallest absolute Gasteiger partial charge is 0.0194 e. The Labute approximate surface area is 94.9 Å². The molecule has 1 rings (SSSR count). The van der Waals surface area contributed by atoms with Gasteiger partial charge in [-0.15, -0.1) is 0 Å². The Morgan fingerprint density at radius 1 is 1.00 bits per heavy atom. The molecule has 1 aromatic rings. The van der Waals surface area contributed by atoms with Crippen molar-refractivity contribution in [2.24, 2.45) is 0 Å². The van der Waals surface area contributed by atoms with Crippen molar-refractivity contribution in [2.75, 3.05) is 0 Å². The minimum Gasteiger partial charge on any atom is -0.0613 e. The van der Waals surface area contributed by atoms with Crippen LogP contribution >= 0.6 is 22.6 Å². The number of benzene rings is 1. The number of aryl methyl sites for hydroxylation is 2. The molecule has 13 heavy (non-hydrogen) atoms. The lowest BCUT2D eigenvalue weighted by Gasteiger charge is -2.13. The largest absolute Gasteiger partial charge is 0.0613 e. The van der Waals surface area contributed by atoms with Crippen LogP contribution in [-0.4, -0.2) is 0 Å². The maximum atomic E-state index is 2.47. The zero-order chi connectivity index (χ0) is 10.0. The van der Waals surface area contributed by atoms with Gasteiger partial charge in [-0.1, -0.05) is 19.9 Å². The van der Waals surface area contributed by atoms with Gasteiger partial charge in [0.2, 0.25) is 0 Å². The van der Waals surface area contributed by atoms with E-state index in [1.807, 2.05) is 0 Å². The predicted octanol–water partition coefficient (Wildman–Crippen LogP) is 4.03. The second kappa shape index (κ2) is 4.45. The third-order valence-corrected chi connectivity index (χ3v) is 4.35. The van der Waals surface area contributed by atoms with E-state index in [-0.39, 0.29) is 0 Å². The van der Waals surface area contributed by atoms with E-state index >= 15 is 0 Å². The minimum atomic E-state index is 1.15. The molecular weight excluding hydrogens is 271 g/mol. The van der Waals surface area contributed by atoms with Crippen LogP contribution in [0.25, 0.3) is 0 Å². The zero-order valence-corrected chi connectivity index (χ0v) is 11.0. The van der Waals surface area contributed by atoms with Crippen molar-refractivity contribution in [3.8, 4) is 0 Å². The monoisotopic (exact) mass is 288 g/mol. The van der Waals surface area contributed by atoms with E-state index in [4.69, 9.17) is 0 Å². The molecule has 0 saturated heterocycles. The Kier molecular flexibility index (Phi) is 3.77. The molecule has 1 heteroatoms. The second-order valence-electron chi connectivity index (χ2n) is 3.47. The summed E-state index contributed by atoms with van der Waals surface area (Å²) < 4.78 is 1.45. The molecule has 0 radical (unpaired) electrons. The molecule has 1 aromatic carbocycles. The van der Waals surface area contributed by atoms with Crippen LogP contribution in [0.2, 0.25) is 0 Å². The van der Waals surface area contributed by atoms with E-state index in [0.717, 1.165) is 12.8 Å². The fourth-order valence-corrected chi connectivity index (χ4v) is 2.42. The highest BCUT2D eigenvalue weighted by Gasteiger charge is 2.07. The molecule has 0 fully saturated rings. The molecule has 0 bridgehead atoms. The van der Waals surface area contributed by atoms with Gasteiger partial charge in [-0.25, -0.2) is 0 Å². The highest BCUT2D eigenvalue weighted by Crippen LogP contribution is 2.24. The zero-order valence-electron chi connectivity index (χ0n) is 8.87. The third-order valence-electron chi connectivity index (χ3n) is 2.73. The van der Waals surface area contributed by atoms with Gasteiger partial charge in [-0.3, -0.25) is 0 Å². The average Bonchev–Trinajstić information content (AvgIpc) is 2.15. The summed E-state index contributed by atoms with van der Waals surface area (Å²) in [5.41, 5.74) is 5.95. The van der Waals surface area contributed by atoms with E-state index in [1.165, 1.54) is 25.8 Å². The van der Waals surface area contributed by atoms with E-state index in [1.54, 1.807) is 0 Å². The van der Waals surface area contributed by atoms with E-state index in [0.29, 0.717) is 0 Å². The Bertz CT molecular complexity index is 285. The van der Waals surface area contributed by atoms with Gasteiger partial charge in [-0.2, -0.15) is 0 Å². The van der Waals surface area contributed by atoms with Gasteiger partial charge >= 0.3 is 0 Å². The first-order valence-corrected chi connectivity index (χ1v) is 5.97. The van der Waals surface area contributed by atoms with Crippen molar-refractivity contribution in [3.05, 3.63) is 31.9 Å². The van der Waals surface area contributed by atoms with Gasteiger partial charge in [-0.05, 0) is 71.5 Å². The molecular formula is C12H17I. The maximum absolute atomic E-state index is 2.47. The number of halogens is 1. The minimum absolute atomic E-state index is 1.15. The lowest BCUT2D eigenvalue weighted by Crippen LogP contribution is -1.98. The van der Waals surface area contributed by atoms with Crippen molar-refractivity contribution in [1.29, 1.82) is 0 Å². The Morgan fingerprint density at radius 3 is 1.69 bits per heavy atom. The Hall–Kier alpha value is -0.0500. The van der Waals surface area contributed by atoms with Crippen molar-refractivity contribution in [3.63, 3.8) is 0 Å².